The number of nitrogen functional groups attached to an aromatic ring is 1. The normalized spacial score (nSPS) is 10.2. The van der Waals surface area contributed by atoms with Crippen molar-refractivity contribution < 1.29 is 14.3 Å². The van der Waals surface area contributed by atoms with Crippen molar-refractivity contribution in [3.05, 3.63) is 77.1 Å². The molecule has 0 spiro atoms. The third kappa shape index (κ3) is 3.57. The number of aromatic nitrogens is 1. The van der Waals surface area contributed by atoms with Crippen molar-refractivity contribution in [3.63, 3.8) is 0 Å². The number of ether oxygens (including phenoxy) is 1. The molecule has 28 heavy (non-hydrogen) atoms. The van der Waals surface area contributed by atoms with Gasteiger partial charge < -0.3 is 20.4 Å². The SMILES string of the molecule is COC(=O)c1c(N)c(C#N)cn1-c1cccc(C(=O)Nc2ccc(C)cc2)c1. The number of carbonyl (C=O) groups is 2. The predicted octanol–water partition coefficient (Wildman–Crippen LogP) is 3.28. The van der Waals surface area contributed by atoms with Crippen LogP contribution >= 0.6 is 0 Å². The maximum absolute atomic E-state index is 12.6. The largest absolute Gasteiger partial charge is 0.464 e. The highest BCUT2D eigenvalue weighted by Gasteiger charge is 2.22. The molecule has 0 atom stereocenters. The van der Waals surface area contributed by atoms with E-state index in [4.69, 9.17) is 10.5 Å². The Morgan fingerprint density at radius 3 is 2.54 bits per heavy atom. The number of amides is 1. The lowest BCUT2D eigenvalue weighted by atomic mass is 10.1. The van der Waals surface area contributed by atoms with Gasteiger partial charge in [0.25, 0.3) is 5.91 Å². The van der Waals surface area contributed by atoms with Crippen molar-refractivity contribution >= 4 is 23.3 Å². The molecule has 0 aliphatic heterocycles. The van der Waals surface area contributed by atoms with Crippen molar-refractivity contribution in [3.8, 4) is 11.8 Å². The smallest absolute Gasteiger partial charge is 0.357 e. The zero-order valence-electron chi connectivity index (χ0n) is 15.4. The summed E-state index contributed by atoms with van der Waals surface area (Å²) in [5.74, 6) is -0.973. The van der Waals surface area contributed by atoms with E-state index in [1.807, 2.05) is 37.3 Å². The van der Waals surface area contributed by atoms with Crippen LogP contribution in [0.25, 0.3) is 5.69 Å². The van der Waals surface area contributed by atoms with E-state index in [1.54, 1.807) is 24.3 Å². The summed E-state index contributed by atoms with van der Waals surface area (Å²) in [5, 5.41) is 12.0. The molecule has 0 aliphatic carbocycles. The van der Waals surface area contributed by atoms with E-state index in [0.717, 1.165) is 5.56 Å². The Kier molecular flexibility index (Phi) is 5.14. The first-order valence-electron chi connectivity index (χ1n) is 8.42. The fraction of sp³-hybridized carbons (Fsp3) is 0.0952. The second-order valence-corrected chi connectivity index (χ2v) is 6.15. The van der Waals surface area contributed by atoms with Crippen molar-refractivity contribution in [1.82, 2.24) is 4.57 Å². The number of esters is 1. The Morgan fingerprint density at radius 2 is 1.89 bits per heavy atom. The third-order valence-electron chi connectivity index (χ3n) is 4.24. The fourth-order valence-corrected chi connectivity index (χ4v) is 2.76. The maximum atomic E-state index is 12.6. The lowest BCUT2D eigenvalue weighted by molar-refractivity contribution is 0.0593. The lowest BCUT2D eigenvalue weighted by Crippen LogP contribution is -2.14. The van der Waals surface area contributed by atoms with Crippen LogP contribution in [0.4, 0.5) is 11.4 Å². The Hall–Kier alpha value is -4.05. The molecule has 7 heteroatoms. The van der Waals surface area contributed by atoms with Gasteiger partial charge in [-0.15, -0.1) is 0 Å². The van der Waals surface area contributed by atoms with Crippen LogP contribution < -0.4 is 11.1 Å². The molecule has 0 bridgehead atoms. The molecular formula is C21H18N4O3. The molecule has 3 N–H and O–H groups in total. The molecule has 3 aromatic rings. The van der Waals surface area contributed by atoms with Crippen molar-refractivity contribution in [2.75, 3.05) is 18.2 Å². The van der Waals surface area contributed by atoms with Gasteiger partial charge in [-0.05, 0) is 37.3 Å². The van der Waals surface area contributed by atoms with E-state index in [-0.39, 0.29) is 22.9 Å². The highest BCUT2D eigenvalue weighted by molar-refractivity contribution is 6.04. The monoisotopic (exact) mass is 374 g/mol. The standard InChI is InChI=1S/C21H18N4O3/c1-13-6-8-16(9-7-13)24-20(26)14-4-3-5-17(10-14)25-12-15(11-22)18(23)19(25)21(27)28-2/h3-10,12H,23H2,1-2H3,(H,24,26). The Morgan fingerprint density at radius 1 is 1.18 bits per heavy atom. The van der Waals surface area contributed by atoms with E-state index >= 15 is 0 Å². The van der Waals surface area contributed by atoms with Gasteiger partial charge in [0.05, 0.1) is 18.4 Å². The number of nitrogens with two attached hydrogens (primary N) is 1. The Balaban J connectivity index is 1.98. The van der Waals surface area contributed by atoms with Gasteiger partial charge in [-0.3, -0.25) is 4.79 Å². The second kappa shape index (κ2) is 7.68. The van der Waals surface area contributed by atoms with E-state index < -0.39 is 5.97 Å². The molecule has 0 aliphatic rings. The first-order valence-corrected chi connectivity index (χ1v) is 8.42. The van der Waals surface area contributed by atoms with Crippen LogP contribution in [0, 0.1) is 18.3 Å². The highest BCUT2D eigenvalue weighted by atomic mass is 16.5. The Labute approximate surface area is 162 Å². The molecule has 0 saturated heterocycles. The summed E-state index contributed by atoms with van der Waals surface area (Å²) in [7, 11) is 1.23. The Bertz CT molecular complexity index is 1090. The minimum Gasteiger partial charge on any atom is -0.464 e. The van der Waals surface area contributed by atoms with Crippen molar-refractivity contribution in [1.29, 1.82) is 5.26 Å². The summed E-state index contributed by atoms with van der Waals surface area (Å²) >= 11 is 0. The molecule has 0 saturated carbocycles. The quantitative estimate of drug-likeness (QED) is 0.681. The minimum absolute atomic E-state index is 0.0314. The summed E-state index contributed by atoms with van der Waals surface area (Å²) in [6.45, 7) is 1.96. The number of carbonyl (C=O) groups excluding carboxylic acids is 2. The molecule has 1 aromatic heterocycles. The summed E-state index contributed by atoms with van der Waals surface area (Å²) in [5.41, 5.74) is 8.79. The second-order valence-electron chi connectivity index (χ2n) is 6.15. The van der Waals surface area contributed by atoms with E-state index in [9.17, 15) is 14.9 Å². The van der Waals surface area contributed by atoms with Crippen LogP contribution in [0.5, 0.6) is 0 Å². The number of hydrogen-bond donors (Lipinski definition) is 2. The van der Waals surface area contributed by atoms with Gasteiger partial charge in [0.15, 0.2) is 5.69 Å². The van der Waals surface area contributed by atoms with Crippen LogP contribution in [-0.2, 0) is 4.74 Å². The van der Waals surface area contributed by atoms with Gasteiger partial charge in [0.1, 0.15) is 6.07 Å². The summed E-state index contributed by atoms with van der Waals surface area (Å²) in [6, 6.07) is 16.0. The van der Waals surface area contributed by atoms with Crippen LogP contribution in [0.15, 0.2) is 54.7 Å². The lowest BCUT2D eigenvalue weighted by Gasteiger charge is -2.11. The van der Waals surface area contributed by atoms with Gasteiger partial charge in [-0.25, -0.2) is 4.79 Å². The van der Waals surface area contributed by atoms with Crippen LogP contribution in [0.3, 0.4) is 0 Å². The number of nitriles is 1. The number of nitrogens with zero attached hydrogens (tertiary/aromatic N) is 2. The molecule has 2 aromatic carbocycles. The number of aryl methyl sites for hydroxylation is 1. The first kappa shape index (κ1) is 18.7. The number of anilines is 2. The number of methoxy groups -OCH3 is 1. The molecular weight excluding hydrogens is 356 g/mol. The molecule has 1 amide bonds. The molecule has 0 unspecified atom stereocenters. The van der Waals surface area contributed by atoms with Gasteiger partial charge >= 0.3 is 5.97 Å². The highest BCUT2D eigenvalue weighted by Crippen LogP contribution is 2.25. The summed E-state index contributed by atoms with van der Waals surface area (Å²) in [4.78, 5) is 24.7. The van der Waals surface area contributed by atoms with Crippen molar-refractivity contribution in [2.45, 2.75) is 6.92 Å². The van der Waals surface area contributed by atoms with E-state index in [2.05, 4.69) is 5.32 Å². The predicted molar refractivity (Wildman–Crippen MR) is 105 cm³/mol. The van der Waals surface area contributed by atoms with E-state index in [1.165, 1.54) is 17.9 Å². The molecule has 1 heterocycles. The zero-order valence-corrected chi connectivity index (χ0v) is 15.4. The van der Waals surface area contributed by atoms with Crippen LogP contribution in [-0.4, -0.2) is 23.6 Å². The minimum atomic E-state index is -0.673. The fourth-order valence-electron chi connectivity index (χ4n) is 2.76. The molecule has 0 fully saturated rings. The third-order valence-corrected chi connectivity index (χ3v) is 4.24. The van der Waals surface area contributed by atoms with Gasteiger partial charge in [0.2, 0.25) is 0 Å². The summed E-state index contributed by atoms with van der Waals surface area (Å²) in [6.07, 6.45) is 1.44. The number of nitrogens with one attached hydrogen (secondary N) is 1. The van der Waals surface area contributed by atoms with Crippen LogP contribution in [0.1, 0.15) is 32.0 Å². The first-order chi connectivity index (χ1) is 13.4. The van der Waals surface area contributed by atoms with Crippen LogP contribution in [0.2, 0.25) is 0 Å². The zero-order chi connectivity index (χ0) is 20.3. The van der Waals surface area contributed by atoms with Gasteiger partial charge in [-0.2, -0.15) is 5.26 Å². The molecule has 140 valence electrons. The average Bonchev–Trinajstić information content (AvgIpc) is 3.05. The molecule has 7 nitrogen and oxygen atoms in total. The summed E-state index contributed by atoms with van der Waals surface area (Å²) < 4.78 is 6.22. The number of hydrogen-bond acceptors (Lipinski definition) is 5. The average molecular weight is 374 g/mol. The van der Waals surface area contributed by atoms with Crippen molar-refractivity contribution in [2.24, 2.45) is 0 Å². The maximum Gasteiger partial charge on any atom is 0.357 e. The number of benzene rings is 2. The van der Waals surface area contributed by atoms with E-state index in [0.29, 0.717) is 16.9 Å². The molecule has 0 radical (unpaired) electrons. The van der Waals surface area contributed by atoms with Gasteiger partial charge in [-0.1, -0.05) is 23.8 Å². The topological polar surface area (TPSA) is 110 Å². The number of rotatable bonds is 4. The molecule has 3 rings (SSSR count). The van der Waals surface area contributed by atoms with Gasteiger partial charge in [0, 0.05) is 23.1 Å².